The topological polar surface area (TPSA) is 162 Å². The Morgan fingerprint density at radius 1 is 1.14 bits per heavy atom. The molecule has 8 rings (SSSR count). The maximum atomic E-state index is 14.3. The van der Waals surface area contributed by atoms with Crippen LogP contribution in [0.5, 0.6) is 11.5 Å². The third-order valence-corrected chi connectivity index (χ3v) is 11.4. The molecule has 230 valence electrons. The smallest absolute Gasteiger partial charge is 0.360 e. The Hall–Kier alpha value is -3.32. The first-order valence-electron chi connectivity index (χ1n) is 14.7. The number of fused-ring (bicyclic) bond motifs is 2. The second kappa shape index (κ2) is 9.10. The minimum Gasteiger partial charge on any atom is -0.493 e. The van der Waals surface area contributed by atoms with Crippen LogP contribution in [-0.4, -0.2) is 87.0 Å². The average molecular weight is 596 g/mol. The van der Waals surface area contributed by atoms with Gasteiger partial charge in [-0.25, -0.2) is 9.48 Å². The van der Waals surface area contributed by atoms with Crippen molar-refractivity contribution >= 4 is 11.8 Å². The van der Waals surface area contributed by atoms with Crippen LogP contribution in [0.25, 0.3) is 5.69 Å². The third-order valence-electron chi connectivity index (χ3n) is 11.4. The number of aliphatic hydroxyl groups is 3. The van der Waals surface area contributed by atoms with Crippen molar-refractivity contribution in [3.63, 3.8) is 0 Å². The van der Waals surface area contributed by atoms with Crippen molar-refractivity contribution in [1.82, 2.24) is 15.0 Å². The van der Waals surface area contributed by atoms with E-state index in [1.165, 1.54) is 25.1 Å². The summed E-state index contributed by atoms with van der Waals surface area (Å²) in [4.78, 5) is 27.9. The van der Waals surface area contributed by atoms with Crippen LogP contribution in [-0.2, 0) is 14.3 Å². The number of ketones is 1. The number of esters is 1. The van der Waals surface area contributed by atoms with Crippen LogP contribution in [0, 0.1) is 34.0 Å². The van der Waals surface area contributed by atoms with Crippen LogP contribution in [0.4, 0.5) is 0 Å². The molecule has 0 amide bonds. The molecule has 2 aromatic rings. The number of hydrogen-bond acceptors (Lipinski definition) is 11. The molecular weight excluding hydrogens is 558 g/mol. The summed E-state index contributed by atoms with van der Waals surface area (Å²) in [7, 11) is 3.03. The molecule has 4 aliphatic carbocycles. The summed E-state index contributed by atoms with van der Waals surface area (Å²) >= 11 is 0. The van der Waals surface area contributed by atoms with Gasteiger partial charge in [0, 0.05) is 23.3 Å². The number of hydrogen-bond donors (Lipinski definition) is 3. The lowest BCUT2D eigenvalue weighted by Crippen LogP contribution is -2.85. The number of benzene rings is 1. The van der Waals surface area contributed by atoms with Crippen molar-refractivity contribution in [2.24, 2.45) is 34.0 Å². The Morgan fingerprint density at radius 3 is 2.60 bits per heavy atom. The van der Waals surface area contributed by atoms with Gasteiger partial charge < -0.3 is 34.3 Å². The van der Waals surface area contributed by atoms with Gasteiger partial charge in [0.15, 0.2) is 23.0 Å². The normalized spacial score (nSPS) is 40.5. The zero-order valence-electron chi connectivity index (χ0n) is 24.6. The van der Waals surface area contributed by atoms with Crippen molar-refractivity contribution in [3.05, 3.63) is 42.2 Å². The lowest BCUT2D eigenvalue weighted by Gasteiger charge is -2.74. The van der Waals surface area contributed by atoms with Gasteiger partial charge >= 0.3 is 5.97 Å². The monoisotopic (exact) mass is 595 g/mol. The van der Waals surface area contributed by atoms with Gasteiger partial charge in [-0.15, -0.1) is 5.10 Å². The standard InChI is InChI=1S/C31H37N3O9/c1-15-17-7-9-21-29-14-42-31(39,25(37)23(29)28(2,3)11-10-22(29)35)30(21,24(15)36)26(17)43-27(38)18-13-34(33-32-18)16-6-8-19(40-4)20(12-16)41-5/h6,8,12-13,17,21-23,25-26,35,37,39H,1,7,9-11,14H2,2-5H3/t17-,21-,22-,23+,25-,26+,29+,30-,31+/m0/s1. The Labute approximate surface area is 248 Å². The van der Waals surface area contributed by atoms with E-state index in [-0.39, 0.29) is 17.9 Å². The number of Topliss-reactive ketones (excluding diaryl/α,β-unsaturated/α-hetero) is 1. The highest BCUT2D eigenvalue weighted by molar-refractivity contribution is 6.05. The Morgan fingerprint density at radius 2 is 1.88 bits per heavy atom. The van der Waals surface area contributed by atoms with Crippen LogP contribution in [0.2, 0.25) is 0 Å². The molecule has 2 aliphatic heterocycles. The van der Waals surface area contributed by atoms with Gasteiger partial charge in [0.1, 0.15) is 17.6 Å². The van der Waals surface area contributed by atoms with Gasteiger partial charge in [-0.2, -0.15) is 0 Å². The Kier molecular flexibility index (Phi) is 6.02. The fourth-order valence-electron chi connectivity index (χ4n) is 9.66. The number of rotatable bonds is 5. The first-order chi connectivity index (χ1) is 20.4. The van der Waals surface area contributed by atoms with Gasteiger partial charge in [0.05, 0.1) is 38.8 Å². The largest absolute Gasteiger partial charge is 0.493 e. The van der Waals surface area contributed by atoms with Gasteiger partial charge in [-0.05, 0) is 54.7 Å². The SMILES string of the molecule is C=C1C(=O)[C@]23[C@H](OC(=O)c4cn(-c5ccc(OC)c(OC)c5)nn4)[C@H]1CC[C@H]2[C@@]12CO[C@]3(O)[C@@H](O)[C@@H]1C(C)(C)CC[C@@H]2O. The number of ether oxygens (including phenoxy) is 4. The lowest BCUT2D eigenvalue weighted by molar-refractivity contribution is -0.457. The molecule has 6 aliphatic rings. The summed E-state index contributed by atoms with van der Waals surface area (Å²) < 4.78 is 24.2. The van der Waals surface area contributed by atoms with E-state index < -0.39 is 69.9 Å². The van der Waals surface area contributed by atoms with Crippen molar-refractivity contribution in [2.45, 2.75) is 63.6 Å². The zero-order chi connectivity index (χ0) is 30.7. The first kappa shape index (κ1) is 28.5. The molecule has 4 saturated carbocycles. The molecule has 1 aromatic carbocycles. The van der Waals surface area contributed by atoms with Crippen molar-refractivity contribution in [2.75, 3.05) is 20.8 Å². The van der Waals surface area contributed by atoms with Gasteiger partial charge in [0.2, 0.25) is 5.79 Å². The zero-order valence-corrected chi connectivity index (χ0v) is 24.6. The number of nitrogens with zero attached hydrogens (tertiary/aromatic N) is 3. The predicted molar refractivity (Wildman–Crippen MR) is 148 cm³/mol. The molecule has 43 heavy (non-hydrogen) atoms. The lowest BCUT2D eigenvalue weighted by atomic mass is 9.35. The Bertz CT molecular complexity index is 1540. The van der Waals surface area contributed by atoms with Gasteiger partial charge in [-0.1, -0.05) is 25.6 Å². The maximum absolute atomic E-state index is 14.3. The molecule has 2 saturated heterocycles. The van der Waals surface area contributed by atoms with E-state index in [0.29, 0.717) is 42.9 Å². The minimum absolute atomic E-state index is 0.00697. The van der Waals surface area contributed by atoms with Crippen LogP contribution in [0.15, 0.2) is 36.5 Å². The van der Waals surface area contributed by atoms with E-state index in [9.17, 15) is 24.9 Å². The highest BCUT2D eigenvalue weighted by Gasteiger charge is 2.87. The number of carbonyl (C=O) groups is 2. The van der Waals surface area contributed by atoms with E-state index in [4.69, 9.17) is 18.9 Å². The van der Waals surface area contributed by atoms with Crippen LogP contribution in [0.1, 0.15) is 50.0 Å². The second-order valence-corrected chi connectivity index (χ2v) is 13.4. The summed E-state index contributed by atoms with van der Waals surface area (Å²) in [6, 6.07) is 5.09. The minimum atomic E-state index is -2.34. The van der Waals surface area contributed by atoms with E-state index in [2.05, 4.69) is 16.9 Å². The highest BCUT2D eigenvalue weighted by Crippen LogP contribution is 2.76. The molecular formula is C31H37N3O9. The third kappa shape index (κ3) is 3.29. The molecule has 0 unspecified atom stereocenters. The van der Waals surface area contributed by atoms with Crippen LogP contribution < -0.4 is 9.47 Å². The molecule has 1 aromatic heterocycles. The van der Waals surface area contributed by atoms with Crippen LogP contribution >= 0.6 is 0 Å². The molecule has 12 heteroatoms. The molecule has 9 atom stereocenters. The predicted octanol–water partition coefficient (Wildman–Crippen LogP) is 1.84. The van der Waals surface area contributed by atoms with Crippen molar-refractivity contribution in [1.29, 1.82) is 0 Å². The molecule has 6 fully saturated rings. The fraction of sp³-hybridized carbons (Fsp3) is 0.613. The summed E-state index contributed by atoms with van der Waals surface area (Å²) in [5, 5.41) is 43.9. The maximum Gasteiger partial charge on any atom is 0.360 e. The molecule has 4 bridgehead atoms. The van der Waals surface area contributed by atoms with E-state index in [1.54, 1.807) is 18.2 Å². The van der Waals surface area contributed by atoms with Gasteiger partial charge in [0.25, 0.3) is 0 Å². The molecule has 12 nitrogen and oxygen atoms in total. The number of methoxy groups -OCH3 is 2. The number of aliphatic hydroxyl groups excluding tert-OH is 2. The number of carbonyl (C=O) groups excluding carboxylic acids is 2. The van der Waals surface area contributed by atoms with Crippen molar-refractivity contribution in [3.8, 4) is 17.2 Å². The van der Waals surface area contributed by atoms with E-state index in [1.807, 2.05) is 13.8 Å². The second-order valence-electron chi connectivity index (χ2n) is 13.4. The first-order valence-corrected chi connectivity index (χ1v) is 14.7. The fourth-order valence-corrected chi connectivity index (χ4v) is 9.66. The van der Waals surface area contributed by atoms with E-state index in [0.717, 1.165) is 0 Å². The molecule has 3 heterocycles. The quantitative estimate of drug-likeness (QED) is 0.342. The van der Waals surface area contributed by atoms with Crippen LogP contribution in [0.3, 0.4) is 0 Å². The molecule has 0 radical (unpaired) electrons. The van der Waals surface area contributed by atoms with E-state index >= 15 is 0 Å². The highest BCUT2D eigenvalue weighted by atomic mass is 16.6. The van der Waals surface area contributed by atoms with Crippen molar-refractivity contribution < 1.29 is 43.9 Å². The summed E-state index contributed by atoms with van der Waals surface area (Å²) in [6.07, 6.45) is -0.0826. The molecule has 2 spiro atoms. The number of aromatic nitrogens is 3. The summed E-state index contributed by atoms with van der Waals surface area (Å²) in [5.41, 5.74) is -2.62. The van der Waals surface area contributed by atoms with Gasteiger partial charge in [-0.3, -0.25) is 4.79 Å². The summed E-state index contributed by atoms with van der Waals surface area (Å²) in [5.74, 6) is -4.41. The average Bonchev–Trinajstić information content (AvgIpc) is 3.53. The Balaban J connectivity index is 1.28. The summed E-state index contributed by atoms with van der Waals surface area (Å²) in [6.45, 7) is 8.08. The molecule has 3 N–H and O–H groups in total.